The van der Waals surface area contributed by atoms with E-state index in [0.29, 0.717) is 11.4 Å². The molecule has 6 heteroatoms. The molecule has 0 bridgehead atoms. The summed E-state index contributed by atoms with van der Waals surface area (Å²) >= 11 is 1.35. The molecule has 0 aliphatic carbocycles. The van der Waals surface area contributed by atoms with Gasteiger partial charge in [0.25, 0.3) is 5.91 Å². The monoisotopic (exact) mass is 226 g/mol. The van der Waals surface area contributed by atoms with E-state index in [1.54, 1.807) is 0 Å². The van der Waals surface area contributed by atoms with Crippen LogP contribution in [0, 0.1) is 0 Å². The van der Waals surface area contributed by atoms with Crippen LogP contribution in [-0.2, 0) is 13.0 Å². The molecule has 0 saturated carbocycles. The molecule has 0 radical (unpaired) electrons. The molecule has 5 nitrogen and oxygen atoms in total. The van der Waals surface area contributed by atoms with Gasteiger partial charge in [0.05, 0.1) is 11.4 Å². The van der Waals surface area contributed by atoms with Gasteiger partial charge < -0.3 is 15.7 Å². The summed E-state index contributed by atoms with van der Waals surface area (Å²) in [7, 11) is 0. The maximum Gasteiger partial charge on any atom is 0.404 e. The minimum Gasteiger partial charge on any atom is -0.465 e. The Morgan fingerprint density at radius 1 is 1.67 bits per heavy atom. The van der Waals surface area contributed by atoms with Gasteiger partial charge in [-0.05, 0) is 18.1 Å². The molecule has 1 aliphatic heterocycles. The van der Waals surface area contributed by atoms with Crippen LogP contribution in [0.2, 0.25) is 0 Å². The molecule has 2 amide bonds. The highest BCUT2D eigenvalue weighted by Gasteiger charge is 2.19. The van der Waals surface area contributed by atoms with Crippen LogP contribution < -0.4 is 10.6 Å². The highest BCUT2D eigenvalue weighted by molar-refractivity contribution is 7.14. The molecule has 0 unspecified atom stereocenters. The Kier molecular flexibility index (Phi) is 2.59. The summed E-state index contributed by atoms with van der Waals surface area (Å²) in [4.78, 5) is 23.3. The van der Waals surface area contributed by atoms with Gasteiger partial charge in [0.1, 0.15) is 0 Å². The van der Waals surface area contributed by atoms with Crippen LogP contribution in [0.3, 0.4) is 0 Å². The molecule has 2 heterocycles. The van der Waals surface area contributed by atoms with E-state index in [4.69, 9.17) is 5.11 Å². The number of carboxylic acid groups (broad SMARTS) is 1. The van der Waals surface area contributed by atoms with E-state index in [9.17, 15) is 9.59 Å². The SMILES string of the molecule is O=C(O)NCc1cc2c(s1)C(=O)NCC2. The molecule has 0 aromatic carbocycles. The van der Waals surface area contributed by atoms with Gasteiger partial charge in [-0.15, -0.1) is 11.3 Å². The number of rotatable bonds is 2. The first-order valence-electron chi connectivity index (χ1n) is 4.53. The van der Waals surface area contributed by atoms with Crippen molar-refractivity contribution in [3.8, 4) is 0 Å². The molecule has 15 heavy (non-hydrogen) atoms. The Balaban J connectivity index is 2.14. The number of fused-ring (bicyclic) bond motifs is 1. The lowest BCUT2D eigenvalue weighted by Gasteiger charge is -2.10. The third-order valence-corrected chi connectivity index (χ3v) is 3.34. The van der Waals surface area contributed by atoms with Crippen molar-refractivity contribution < 1.29 is 14.7 Å². The fraction of sp³-hybridized carbons (Fsp3) is 0.333. The first-order valence-corrected chi connectivity index (χ1v) is 5.35. The predicted molar refractivity (Wildman–Crippen MR) is 55.2 cm³/mol. The molecule has 0 spiro atoms. The van der Waals surface area contributed by atoms with Crippen LogP contribution in [0.4, 0.5) is 4.79 Å². The molecule has 1 aromatic rings. The topological polar surface area (TPSA) is 78.4 Å². The molecule has 0 fully saturated rings. The van der Waals surface area contributed by atoms with Crippen molar-refractivity contribution in [3.63, 3.8) is 0 Å². The van der Waals surface area contributed by atoms with Gasteiger partial charge in [0.2, 0.25) is 0 Å². The zero-order chi connectivity index (χ0) is 10.8. The van der Waals surface area contributed by atoms with Crippen LogP contribution in [-0.4, -0.2) is 23.7 Å². The van der Waals surface area contributed by atoms with E-state index in [2.05, 4.69) is 10.6 Å². The smallest absolute Gasteiger partial charge is 0.404 e. The lowest BCUT2D eigenvalue weighted by molar-refractivity contribution is 0.0950. The summed E-state index contributed by atoms with van der Waals surface area (Å²) in [5.41, 5.74) is 1.02. The number of amides is 2. The third-order valence-electron chi connectivity index (χ3n) is 2.16. The van der Waals surface area contributed by atoms with Crippen molar-refractivity contribution >= 4 is 23.3 Å². The van der Waals surface area contributed by atoms with Crippen molar-refractivity contribution in [2.45, 2.75) is 13.0 Å². The van der Waals surface area contributed by atoms with Gasteiger partial charge in [0, 0.05) is 11.4 Å². The summed E-state index contributed by atoms with van der Waals surface area (Å²) in [6, 6.07) is 1.90. The normalized spacial score (nSPS) is 14.3. The quantitative estimate of drug-likeness (QED) is 0.698. The largest absolute Gasteiger partial charge is 0.465 e. The second-order valence-corrected chi connectivity index (χ2v) is 4.37. The van der Waals surface area contributed by atoms with Gasteiger partial charge in [-0.2, -0.15) is 0 Å². The second kappa shape index (κ2) is 3.90. The third kappa shape index (κ3) is 2.10. The Morgan fingerprint density at radius 2 is 2.47 bits per heavy atom. The van der Waals surface area contributed by atoms with Crippen molar-refractivity contribution in [1.29, 1.82) is 0 Å². The van der Waals surface area contributed by atoms with Gasteiger partial charge >= 0.3 is 6.09 Å². The van der Waals surface area contributed by atoms with Gasteiger partial charge in [0.15, 0.2) is 0 Å². The lowest BCUT2D eigenvalue weighted by atomic mass is 10.1. The molecular weight excluding hydrogens is 216 g/mol. The Hall–Kier alpha value is -1.56. The van der Waals surface area contributed by atoms with E-state index in [0.717, 1.165) is 16.9 Å². The fourth-order valence-corrected chi connectivity index (χ4v) is 2.57. The van der Waals surface area contributed by atoms with Crippen LogP contribution in [0.15, 0.2) is 6.07 Å². The van der Waals surface area contributed by atoms with Crippen LogP contribution >= 0.6 is 11.3 Å². The van der Waals surface area contributed by atoms with Crippen molar-refractivity contribution in [2.75, 3.05) is 6.54 Å². The Bertz CT molecular complexity index is 413. The highest BCUT2D eigenvalue weighted by Crippen LogP contribution is 2.24. The molecule has 3 N–H and O–H groups in total. The molecule has 1 aliphatic rings. The van der Waals surface area contributed by atoms with Crippen LogP contribution in [0.5, 0.6) is 0 Å². The number of carbonyl (C=O) groups excluding carboxylic acids is 1. The second-order valence-electron chi connectivity index (χ2n) is 3.23. The predicted octanol–water partition coefficient (Wildman–Crippen LogP) is 0.802. The zero-order valence-corrected chi connectivity index (χ0v) is 8.69. The first kappa shape index (κ1) is 9.97. The average molecular weight is 226 g/mol. The summed E-state index contributed by atoms with van der Waals surface area (Å²) in [6.45, 7) is 0.925. The minimum atomic E-state index is -1.05. The van der Waals surface area contributed by atoms with Gasteiger partial charge in [-0.1, -0.05) is 0 Å². The highest BCUT2D eigenvalue weighted by atomic mass is 32.1. The maximum absolute atomic E-state index is 11.4. The zero-order valence-electron chi connectivity index (χ0n) is 7.87. The first-order chi connectivity index (χ1) is 7.16. The summed E-state index contributed by atoms with van der Waals surface area (Å²) in [5.74, 6) is -0.0529. The number of carbonyl (C=O) groups is 2. The molecular formula is C9H10N2O3S. The standard InChI is InChI=1S/C9H10N2O3S/c12-8-7-5(1-2-10-8)3-6(15-7)4-11-9(13)14/h3,11H,1-2,4H2,(H,10,12)(H,13,14). The summed E-state index contributed by atoms with van der Waals surface area (Å²) < 4.78 is 0. The van der Waals surface area contributed by atoms with E-state index in [1.807, 2.05) is 6.07 Å². The molecule has 80 valence electrons. The summed E-state index contributed by atoms with van der Waals surface area (Å²) in [6.07, 6.45) is -0.226. The van der Waals surface area contributed by atoms with Crippen molar-refractivity contribution in [3.05, 3.63) is 21.4 Å². The molecule has 0 atom stereocenters. The Morgan fingerprint density at radius 3 is 3.13 bits per heavy atom. The minimum absolute atomic E-state index is 0.0529. The van der Waals surface area contributed by atoms with Crippen LogP contribution in [0.1, 0.15) is 20.1 Å². The maximum atomic E-state index is 11.4. The summed E-state index contributed by atoms with van der Waals surface area (Å²) in [5, 5.41) is 13.5. The molecule has 1 aromatic heterocycles. The average Bonchev–Trinajstić information content (AvgIpc) is 2.59. The van der Waals surface area contributed by atoms with Gasteiger partial charge in [-0.3, -0.25) is 4.79 Å². The number of nitrogens with one attached hydrogen (secondary N) is 2. The van der Waals surface area contributed by atoms with Gasteiger partial charge in [-0.25, -0.2) is 4.79 Å². The van der Waals surface area contributed by atoms with E-state index < -0.39 is 6.09 Å². The lowest BCUT2D eigenvalue weighted by Crippen LogP contribution is -2.30. The number of hydrogen-bond donors (Lipinski definition) is 3. The van der Waals surface area contributed by atoms with Crippen molar-refractivity contribution in [1.82, 2.24) is 10.6 Å². The van der Waals surface area contributed by atoms with Crippen molar-refractivity contribution in [2.24, 2.45) is 0 Å². The van der Waals surface area contributed by atoms with Crippen LogP contribution in [0.25, 0.3) is 0 Å². The fourth-order valence-electron chi connectivity index (χ4n) is 1.50. The molecule has 0 saturated heterocycles. The molecule has 2 rings (SSSR count). The van der Waals surface area contributed by atoms with E-state index >= 15 is 0 Å². The number of thiophene rings is 1. The number of hydrogen-bond acceptors (Lipinski definition) is 3. The Labute approximate surface area is 90.1 Å². The van der Waals surface area contributed by atoms with E-state index in [-0.39, 0.29) is 12.5 Å². The van der Waals surface area contributed by atoms with E-state index in [1.165, 1.54) is 11.3 Å².